The Morgan fingerprint density at radius 2 is 1.73 bits per heavy atom. The largest absolute Gasteiger partial charge is 0.479 e. The van der Waals surface area contributed by atoms with E-state index in [9.17, 15) is 19.1 Å². The first-order valence-corrected chi connectivity index (χ1v) is 9.90. The van der Waals surface area contributed by atoms with E-state index in [0.29, 0.717) is 0 Å². The highest BCUT2D eigenvalue weighted by molar-refractivity contribution is 9.10. The van der Waals surface area contributed by atoms with Gasteiger partial charge >= 0.3 is 12.1 Å². The van der Waals surface area contributed by atoms with Crippen molar-refractivity contribution >= 4 is 28.0 Å². The molecule has 0 fully saturated rings. The standard InChI is InChI=1S/C22H16BrFN2O4/c23-19-9-16(18(24)10-25-19)20(21(27)28)26-22(29)30-11-17-14-7-3-1-5-12(14)13-6-2-4-8-15(13)17/h1-10,17,20H,11H2,(H,26,29)(H,27,28). The summed E-state index contributed by atoms with van der Waals surface area (Å²) in [5, 5.41) is 11.7. The summed E-state index contributed by atoms with van der Waals surface area (Å²) in [5.74, 6) is -2.43. The molecule has 0 bridgehead atoms. The van der Waals surface area contributed by atoms with Crippen molar-refractivity contribution in [2.75, 3.05) is 6.61 Å². The molecule has 0 aliphatic heterocycles. The minimum Gasteiger partial charge on any atom is -0.479 e. The number of rotatable bonds is 5. The van der Waals surface area contributed by atoms with E-state index < -0.39 is 23.9 Å². The number of aromatic nitrogens is 1. The van der Waals surface area contributed by atoms with Crippen molar-refractivity contribution in [2.45, 2.75) is 12.0 Å². The number of nitrogens with zero attached hydrogens (tertiary/aromatic N) is 1. The van der Waals surface area contributed by atoms with Crippen LogP contribution in [0.5, 0.6) is 0 Å². The van der Waals surface area contributed by atoms with Gasteiger partial charge in [0.2, 0.25) is 0 Å². The minimum absolute atomic E-state index is 0.0225. The fourth-order valence-electron chi connectivity index (χ4n) is 3.68. The quantitative estimate of drug-likeness (QED) is 0.529. The maximum absolute atomic E-state index is 14.1. The molecular weight excluding hydrogens is 455 g/mol. The predicted octanol–water partition coefficient (Wildman–Crippen LogP) is 4.65. The van der Waals surface area contributed by atoms with Crippen LogP contribution in [-0.4, -0.2) is 28.8 Å². The molecule has 152 valence electrons. The summed E-state index contributed by atoms with van der Waals surface area (Å²) in [6.07, 6.45) is -0.0639. The van der Waals surface area contributed by atoms with E-state index >= 15 is 0 Å². The van der Waals surface area contributed by atoms with Crippen LogP contribution in [0.3, 0.4) is 0 Å². The minimum atomic E-state index is -1.61. The van der Waals surface area contributed by atoms with Crippen LogP contribution in [0.4, 0.5) is 9.18 Å². The Hall–Kier alpha value is -3.26. The number of halogens is 2. The molecule has 1 amide bonds. The number of carbonyl (C=O) groups excluding carboxylic acids is 1. The number of fused-ring (bicyclic) bond motifs is 3. The number of carbonyl (C=O) groups is 2. The summed E-state index contributed by atoms with van der Waals surface area (Å²) in [4.78, 5) is 27.7. The third kappa shape index (κ3) is 3.78. The topological polar surface area (TPSA) is 88.5 Å². The van der Waals surface area contributed by atoms with Crippen LogP contribution in [-0.2, 0) is 9.53 Å². The Balaban J connectivity index is 1.51. The highest BCUT2D eigenvalue weighted by Crippen LogP contribution is 2.44. The Morgan fingerprint density at radius 1 is 1.13 bits per heavy atom. The smallest absolute Gasteiger partial charge is 0.408 e. The molecule has 0 saturated heterocycles. The number of carboxylic acids is 1. The highest BCUT2D eigenvalue weighted by atomic mass is 79.9. The first-order chi connectivity index (χ1) is 14.5. The number of alkyl carbamates (subject to hydrolysis) is 1. The van der Waals surface area contributed by atoms with E-state index in [0.717, 1.165) is 28.5 Å². The number of hydrogen-bond donors (Lipinski definition) is 2. The lowest BCUT2D eigenvalue weighted by atomic mass is 9.98. The van der Waals surface area contributed by atoms with Gasteiger partial charge in [-0.2, -0.15) is 0 Å². The van der Waals surface area contributed by atoms with E-state index in [1.807, 2.05) is 48.5 Å². The van der Waals surface area contributed by atoms with Gasteiger partial charge in [-0.05, 0) is 44.3 Å². The SMILES string of the molecule is O=C(NC(C(=O)O)c1cc(Br)ncc1F)OCC1c2ccccc2-c2ccccc21. The Kier molecular flexibility index (Phi) is 5.50. The van der Waals surface area contributed by atoms with Crippen LogP contribution in [0.25, 0.3) is 11.1 Å². The monoisotopic (exact) mass is 470 g/mol. The Labute approximate surface area is 179 Å². The predicted molar refractivity (Wildman–Crippen MR) is 110 cm³/mol. The molecule has 2 aromatic carbocycles. The molecule has 0 spiro atoms. The average molecular weight is 471 g/mol. The first kappa shape index (κ1) is 20.0. The third-order valence-corrected chi connectivity index (χ3v) is 5.45. The molecule has 1 heterocycles. The molecule has 4 rings (SSSR count). The maximum atomic E-state index is 14.1. The number of ether oxygens (including phenoxy) is 1. The van der Waals surface area contributed by atoms with Crippen molar-refractivity contribution in [2.24, 2.45) is 0 Å². The highest BCUT2D eigenvalue weighted by Gasteiger charge is 2.30. The maximum Gasteiger partial charge on any atom is 0.408 e. The van der Waals surface area contributed by atoms with Gasteiger partial charge in [-0.1, -0.05) is 48.5 Å². The fourth-order valence-corrected chi connectivity index (χ4v) is 4.03. The third-order valence-electron chi connectivity index (χ3n) is 5.02. The zero-order valence-electron chi connectivity index (χ0n) is 15.5. The summed E-state index contributed by atoms with van der Waals surface area (Å²) in [7, 11) is 0. The number of amides is 1. The second-order valence-electron chi connectivity index (χ2n) is 6.77. The van der Waals surface area contributed by atoms with Gasteiger partial charge in [0.15, 0.2) is 6.04 Å². The van der Waals surface area contributed by atoms with Gasteiger partial charge < -0.3 is 15.2 Å². The molecular formula is C22H16BrFN2O4. The van der Waals surface area contributed by atoms with Gasteiger partial charge in [0.05, 0.1) is 6.20 Å². The molecule has 1 atom stereocenters. The normalized spacial score (nSPS) is 13.3. The number of aliphatic carboxylic acids is 1. The summed E-state index contributed by atoms with van der Waals surface area (Å²) in [6.45, 7) is 0.0225. The van der Waals surface area contributed by atoms with E-state index in [-0.39, 0.29) is 22.7 Å². The summed E-state index contributed by atoms with van der Waals surface area (Å²) in [6, 6.07) is 15.3. The lowest BCUT2D eigenvalue weighted by Crippen LogP contribution is -2.35. The van der Waals surface area contributed by atoms with Crippen molar-refractivity contribution in [1.82, 2.24) is 10.3 Å². The molecule has 6 nitrogen and oxygen atoms in total. The zero-order chi connectivity index (χ0) is 21.3. The van der Waals surface area contributed by atoms with Crippen LogP contribution in [0.1, 0.15) is 28.7 Å². The second-order valence-corrected chi connectivity index (χ2v) is 7.58. The summed E-state index contributed by atoms with van der Waals surface area (Å²) >= 11 is 3.07. The lowest BCUT2D eigenvalue weighted by molar-refractivity contribution is -0.139. The van der Waals surface area contributed by atoms with E-state index in [4.69, 9.17) is 4.74 Å². The number of benzene rings is 2. The molecule has 0 radical (unpaired) electrons. The van der Waals surface area contributed by atoms with Crippen LogP contribution < -0.4 is 5.32 Å². The van der Waals surface area contributed by atoms with Crippen LogP contribution in [0.15, 0.2) is 65.4 Å². The van der Waals surface area contributed by atoms with Crippen LogP contribution >= 0.6 is 15.9 Å². The number of carboxylic acid groups (broad SMARTS) is 1. The average Bonchev–Trinajstić information content (AvgIpc) is 3.06. The molecule has 8 heteroatoms. The molecule has 1 aliphatic carbocycles. The molecule has 2 N–H and O–H groups in total. The van der Waals surface area contributed by atoms with Crippen molar-refractivity contribution in [3.8, 4) is 11.1 Å². The number of hydrogen-bond acceptors (Lipinski definition) is 4. The van der Waals surface area contributed by atoms with Crippen LogP contribution in [0.2, 0.25) is 0 Å². The summed E-state index contributed by atoms with van der Waals surface area (Å²) in [5.41, 5.74) is 4.00. The molecule has 1 aliphatic rings. The van der Waals surface area contributed by atoms with E-state index in [2.05, 4.69) is 26.2 Å². The van der Waals surface area contributed by atoms with Gasteiger partial charge in [0.1, 0.15) is 17.0 Å². The van der Waals surface area contributed by atoms with Gasteiger partial charge in [-0.25, -0.2) is 19.0 Å². The fraction of sp³-hybridized carbons (Fsp3) is 0.136. The molecule has 1 unspecified atom stereocenters. The number of nitrogens with one attached hydrogen (secondary N) is 1. The van der Waals surface area contributed by atoms with E-state index in [1.54, 1.807) is 0 Å². The van der Waals surface area contributed by atoms with Crippen molar-refractivity contribution < 1.29 is 23.8 Å². The Morgan fingerprint density at radius 3 is 2.33 bits per heavy atom. The lowest BCUT2D eigenvalue weighted by Gasteiger charge is -2.18. The van der Waals surface area contributed by atoms with E-state index in [1.165, 1.54) is 6.07 Å². The molecule has 30 heavy (non-hydrogen) atoms. The van der Waals surface area contributed by atoms with Gasteiger partial charge in [-0.15, -0.1) is 0 Å². The molecule has 1 aromatic heterocycles. The second kappa shape index (κ2) is 8.23. The van der Waals surface area contributed by atoms with Crippen molar-refractivity contribution in [3.05, 3.63) is 87.9 Å². The van der Waals surface area contributed by atoms with Crippen molar-refractivity contribution in [3.63, 3.8) is 0 Å². The first-order valence-electron chi connectivity index (χ1n) is 9.11. The van der Waals surface area contributed by atoms with Gasteiger partial charge in [0, 0.05) is 11.5 Å². The molecule has 0 saturated carbocycles. The van der Waals surface area contributed by atoms with Crippen LogP contribution in [0, 0.1) is 5.82 Å². The molecule has 3 aromatic rings. The van der Waals surface area contributed by atoms with Crippen molar-refractivity contribution in [1.29, 1.82) is 0 Å². The van der Waals surface area contributed by atoms with Gasteiger partial charge in [-0.3, -0.25) is 0 Å². The Bertz CT molecular complexity index is 1090. The van der Waals surface area contributed by atoms with Gasteiger partial charge in [0.25, 0.3) is 0 Å². The zero-order valence-corrected chi connectivity index (χ0v) is 17.1. The number of pyridine rings is 1. The summed E-state index contributed by atoms with van der Waals surface area (Å²) < 4.78 is 19.7.